The lowest BCUT2D eigenvalue weighted by atomic mass is 10.1. The molecule has 0 amide bonds. The molecule has 6 heteroatoms. The Labute approximate surface area is 390 Å². The summed E-state index contributed by atoms with van der Waals surface area (Å²) in [7, 11) is 0. The summed E-state index contributed by atoms with van der Waals surface area (Å²) in [5.74, 6) is -1.10. The van der Waals surface area contributed by atoms with E-state index in [4.69, 9.17) is 14.2 Å². The molecule has 64 heavy (non-hydrogen) atoms. The first-order valence-corrected chi connectivity index (χ1v) is 24.5. The number of carbonyl (C=O) groups excluding carboxylic acids is 3. The molecule has 1 atom stereocenters. The van der Waals surface area contributed by atoms with Crippen molar-refractivity contribution in [2.45, 2.75) is 175 Å². The summed E-state index contributed by atoms with van der Waals surface area (Å²) in [5.41, 5.74) is 0. The zero-order valence-corrected chi connectivity index (χ0v) is 40.2. The van der Waals surface area contributed by atoms with Crippen molar-refractivity contribution in [3.63, 3.8) is 0 Å². The van der Waals surface area contributed by atoms with Gasteiger partial charge < -0.3 is 14.2 Å². The number of unbranched alkanes of at least 4 members (excludes halogenated alkanes) is 7. The molecule has 0 radical (unpaired) electrons. The molecule has 0 aromatic rings. The van der Waals surface area contributed by atoms with Gasteiger partial charge in [0.2, 0.25) is 0 Å². The van der Waals surface area contributed by atoms with Crippen LogP contribution in [-0.2, 0) is 28.6 Å². The van der Waals surface area contributed by atoms with Gasteiger partial charge in [0.05, 0.1) is 0 Å². The highest BCUT2D eigenvalue weighted by Gasteiger charge is 2.19. The maximum atomic E-state index is 12.8. The fourth-order valence-corrected chi connectivity index (χ4v) is 5.78. The third-order valence-electron chi connectivity index (χ3n) is 9.37. The van der Waals surface area contributed by atoms with Crippen LogP contribution >= 0.6 is 0 Å². The van der Waals surface area contributed by atoms with Crippen LogP contribution in [0.2, 0.25) is 0 Å². The van der Waals surface area contributed by atoms with Crippen molar-refractivity contribution < 1.29 is 28.6 Å². The minimum atomic E-state index is -0.844. The van der Waals surface area contributed by atoms with Crippen LogP contribution in [0.4, 0.5) is 0 Å². The fourth-order valence-electron chi connectivity index (χ4n) is 5.78. The molecule has 0 fully saturated rings. The molecule has 0 saturated heterocycles. The van der Waals surface area contributed by atoms with Gasteiger partial charge in [-0.1, -0.05) is 198 Å². The average molecular weight is 879 g/mol. The average Bonchev–Trinajstić information content (AvgIpc) is 3.29. The monoisotopic (exact) mass is 879 g/mol. The fraction of sp³-hybridized carbons (Fsp3) is 0.500. The van der Waals surface area contributed by atoms with Crippen molar-refractivity contribution in [2.24, 2.45) is 0 Å². The lowest BCUT2D eigenvalue weighted by molar-refractivity contribution is -0.166. The molecular formula is C58H86O6. The molecule has 6 nitrogen and oxygen atoms in total. The van der Waals surface area contributed by atoms with E-state index in [0.717, 1.165) is 109 Å². The van der Waals surface area contributed by atoms with E-state index in [0.29, 0.717) is 19.3 Å². The number of hydrogen-bond donors (Lipinski definition) is 0. The van der Waals surface area contributed by atoms with E-state index >= 15 is 0 Å². The Hall–Kier alpha value is -4.97. The largest absolute Gasteiger partial charge is 0.462 e. The first kappa shape index (κ1) is 59.0. The zero-order chi connectivity index (χ0) is 46.5. The molecule has 0 aliphatic carbocycles. The molecule has 0 heterocycles. The topological polar surface area (TPSA) is 78.9 Å². The van der Waals surface area contributed by atoms with E-state index in [1.54, 1.807) is 0 Å². The Morgan fingerprint density at radius 3 is 1.16 bits per heavy atom. The highest BCUT2D eigenvalue weighted by Crippen LogP contribution is 2.11. The molecule has 0 aromatic heterocycles. The molecule has 0 bridgehead atoms. The van der Waals surface area contributed by atoms with Crippen molar-refractivity contribution in [2.75, 3.05) is 13.2 Å². The lowest BCUT2D eigenvalue weighted by Gasteiger charge is -2.18. The summed E-state index contributed by atoms with van der Waals surface area (Å²) in [5, 5.41) is 0. The van der Waals surface area contributed by atoms with Gasteiger partial charge in [0.25, 0.3) is 0 Å². The number of hydrogen-bond acceptors (Lipinski definition) is 6. The standard InChI is InChI=1S/C58H86O6/c1-4-7-10-13-16-19-22-25-27-28-29-30-31-34-36-39-42-45-48-51-57(60)63-54-55(53-62-56(59)50-47-44-41-38-35-32-24-21-18-15-12-9-6-3)64-58(61)52-49-46-43-40-37-33-26-23-20-17-14-11-8-5-2/h7-12,15-21,24-27,29-30,32-36,42,45,55H,4-6,13-14,22-23,28,31,37-41,43-44,46-54H2,1-3H3/b10-7+,11-8+,12-9+,18-15+,19-16+,20-17+,24-21+,27-25+,30-29+,33-26+,35-32+,36-34+,45-42+. The first-order chi connectivity index (χ1) is 31.5. The molecule has 354 valence electrons. The maximum absolute atomic E-state index is 12.8. The van der Waals surface area contributed by atoms with Crippen LogP contribution in [0, 0.1) is 0 Å². The van der Waals surface area contributed by atoms with Gasteiger partial charge in [0.15, 0.2) is 6.10 Å². The predicted molar refractivity (Wildman–Crippen MR) is 274 cm³/mol. The second-order valence-electron chi connectivity index (χ2n) is 15.3. The Bertz CT molecular complexity index is 1520. The van der Waals surface area contributed by atoms with Gasteiger partial charge in [-0.25, -0.2) is 0 Å². The normalized spacial score (nSPS) is 13.5. The molecule has 0 spiro atoms. The summed E-state index contributed by atoms with van der Waals surface area (Å²) in [4.78, 5) is 37.9. The minimum absolute atomic E-state index is 0.139. The van der Waals surface area contributed by atoms with Crippen molar-refractivity contribution in [3.05, 3.63) is 158 Å². The highest BCUT2D eigenvalue weighted by atomic mass is 16.6. The zero-order valence-electron chi connectivity index (χ0n) is 40.2. The summed E-state index contributed by atoms with van der Waals surface area (Å²) in [6.07, 6.45) is 73.8. The van der Waals surface area contributed by atoms with Crippen molar-refractivity contribution in [1.82, 2.24) is 0 Å². The lowest BCUT2D eigenvalue weighted by Crippen LogP contribution is -2.30. The Morgan fingerprint density at radius 2 is 0.672 bits per heavy atom. The van der Waals surface area contributed by atoms with Gasteiger partial charge >= 0.3 is 17.9 Å². The van der Waals surface area contributed by atoms with E-state index in [1.807, 2.05) is 48.6 Å². The Kier molecular flexibility index (Phi) is 46.7. The van der Waals surface area contributed by atoms with Gasteiger partial charge in [-0.05, 0) is 109 Å². The van der Waals surface area contributed by atoms with Crippen LogP contribution in [0.25, 0.3) is 0 Å². The van der Waals surface area contributed by atoms with Gasteiger partial charge in [-0.2, -0.15) is 0 Å². The van der Waals surface area contributed by atoms with Crippen LogP contribution < -0.4 is 0 Å². The van der Waals surface area contributed by atoms with Crippen LogP contribution in [0.3, 0.4) is 0 Å². The number of ether oxygens (including phenoxy) is 3. The predicted octanol–water partition coefficient (Wildman–Crippen LogP) is 16.2. The molecular weight excluding hydrogens is 793 g/mol. The van der Waals surface area contributed by atoms with Crippen molar-refractivity contribution >= 4 is 17.9 Å². The van der Waals surface area contributed by atoms with Crippen molar-refractivity contribution in [3.8, 4) is 0 Å². The second kappa shape index (κ2) is 50.7. The van der Waals surface area contributed by atoms with Crippen molar-refractivity contribution in [1.29, 1.82) is 0 Å². The third-order valence-corrected chi connectivity index (χ3v) is 9.37. The third kappa shape index (κ3) is 48.1. The molecule has 0 aromatic carbocycles. The smallest absolute Gasteiger partial charge is 0.306 e. The van der Waals surface area contributed by atoms with Gasteiger partial charge in [0, 0.05) is 19.3 Å². The maximum Gasteiger partial charge on any atom is 0.306 e. The highest BCUT2D eigenvalue weighted by molar-refractivity contribution is 5.71. The summed E-state index contributed by atoms with van der Waals surface area (Å²) in [6.45, 7) is 6.11. The number of rotatable bonds is 41. The van der Waals surface area contributed by atoms with E-state index in [9.17, 15) is 14.4 Å². The van der Waals surface area contributed by atoms with E-state index in [1.165, 1.54) is 0 Å². The molecule has 0 N–H and O–H groups in total. The van der Waals surface area contributed by atoms with Gasteiger partial charge in [0.1, 0.15) is 13.2 Å². The van der Waals surface area contributed by atoms with Gasteiger partial charge in [-0.15, -0.1) is 0 Å². The van der Waals surface area contributed by atoms with E-state index in [-0.39, 0.29) is 50.4 Å². The second-order valence-corrected chi connectivity index (χ2v) is 15.3. The van der Waals surface area contributed by atoms with E-state index in [2.05, 4.69) is 130 Å². The Balaban J connectivity index is 4.63. The first-order valence-electron chi connectivity index (χ1n) is 24.5. The molecule has 0 aliphatic rings. The molecule has 0 saturated carbocycles. The molecule has 0 aliphatic heterocycles. The number of carbonyl (C=O) groups is 3. The van der Waals surface area contributed by atoms with Crippen LogP contribution in [0.5, 0.6) is 0 Å². The minimum Gasteiger partial charge on any atom is -0.462 e. The Morgan fingerprint density at radius 1 is 0.328 bits per heavy atom. The summed E-state index contributed by atoms with van der Waals surface area (Å²) >= 11 is 0. The molecule has 1 unspecified atom stereocenters. The number of esters is 3. The van der Waals surface area contributed by atoms with Crippen LogP contribution in [-0.4, -0.2) is 37.2 Å². The molecule has 0 rings (SSSR count). The summed E-state index contributed by atoms with van der Waals surface area (Å²) < 4.78 is 16.6. The SMILES string of the molecule is CC/C=C/C=C/C=C/C=C/CCCCCC(=O)OCC(COC(=O)CC/C=C/C/C=C/C/C=C/C/C=C/C/C=C/C/C=C/CC)OC(=O)CCCCCC/C=C/C/C=C/C/C=C/CC. The van der Waals surface area contributed by atoms with Gasteiger partial charge in [-0.3, -0.25) is 14.4 Å². The van der Waals surface area contributed by atoms with E-state index < -0.39 is 6.10 Å². The quantitative estimate of drug-likeness (QED) is 0.0200. The number of allylic oxidation sites excluding steroid dienone is 26. The van der Waals surface area contributed by atoms with Crippen LogP contribution in [0.15, 0.2) is 158 Å². The van der Waals surface area contributed by atoms with Crippen LogP contribution in [0.1, 0.15) is 168 Å². The summed E-state index contributed by atoms with van der Waals surface area (Å²) in [6, 6.07) is 0.